The van der Waals surface area contributed by atoms with Gasteiger partial charge in [-0.3, -0.25) is 9.59 Å². The molecule has 0 spiro atoms. The number of carbonyl (C=O) groups is 2. The van der Waals surface area contributed by atoms with Crippen molar-refractivity contribution >= 4 is 11.9 Å². The van der Waals surface area contributed by atoms with Gasteiger partial charge in [-0.25, -0.2) is 0 Å². The highest BCUT2D eigenvalue weighted by atomic mass is 16.5. The second-order valence-corrected chi connectivity index (χ2v) is 3.88. The summed E-state index contributed by atoms with van der Waals surface area (Å²) < 4.78 is 9.99. The van der Waals surface area contributed by atoms with Gasteiger partial charge in [0.1, 0.15) is 12.0 Å². The van der Waals surface area contributed by atoms with Crippen LogP contribution < -0.4 is 5.32 Å². The van der Waals surface area contributed by atoms with Crippen molar-refractivity contribution in [3.63, 3.8) is 0 Å². The molecule has 1 N–H and O–H groups in total. The van der Waals surface area contributed by atoms with Crippen LogP contribution in [0, 0.1) is 17.2 Å². The summed E-state index contributed by atoms with van der Waals surface area (Å²) >= 11 is 0. The maximum Gasteiger partial charge on any atom is 0.315 e. The maximum absolute atomic E-state index is 11.6. The fourth-order valence-electron chi connectivity index (χ4n) is 1.78. The van der Waals surface area contributed by atoms with Crippen molar-refractivity contribution in [3.8, 4) is 6.07 Å². The van der Waals surface area contributed by atoms with Gasteiger partial charge in [0.05, 0.1) is 7.11 Å². The van der Waals surface area contributed by atoms with Gasteiger partial charge in [-0.1, -0.05) is 0 Å². The molecule has 0 aromatic heterocycles. The number of hydrogen-bond acceptors (Lipinski definition) is 5. The Hall–Kier alpha value is -2.03. The molecule has 1 aliphatic heterocycles. The lowest BCUT2D eigenvalue weighted by atomic mass is 9.90. The van der Waals surface area contributed by atoms with Crippen molar-refractivity contribution in [2.24, 2.45) is 5.92 Å². The number of rotatable bonds is 2. The largest absolute Gasteiger partial charge is 0.469 e. The SMILES string of the molecule is COC(=O)[C@H]1CC=C(C#N)O[C@@]1(C)NC(C)=O. The van der Waals surface area contributed by atoms with E-state index in [-0.39, 0.29) is 18.1 Å². The average Bonchev–Trinajstić information content (AvgIpc) is 2.26. The second-order valence-electron chi connectivity index (χ2n) is 3.88. The van der Waals surface area contributed by atoms with Crippen LogP contribution in [0.4, 0.5) is 0 Å². The molecule has 0 radical (unpaired) electrons. The highest BCUT2D eigenvalue weighted by Crippen LogP contribution is 2.31. The van der Waals surface area contributed by atoms with E-state index in [1.165, 1.54) is 20.1 Å². The predicted octanol–water partition coefficient (Wildman–Crippen LogP) is 0.456. The van der Waals surface area contributed by atoms with E-state index < -0.39 is 17.6 Å². The molecule has 0 unspecified atom stereocenters. The molecular formula is C11H14N2O4. The number of nitriles is 1. The molecule has 6 heteroatoms. The van der Waals surface area contributed by atoms with Gasteiger partial charge in [0.15, 0.2) is 11.5 Å². The zero-order chi connectivity index (χ0) is 13.1. The van der Waals surface area contributed by atoms with Crippen molar-refractivity contribution in [1.82, 2.24) is 5.32 Å². The fourth-order valence-corrected chi connectivity index (χ4v) is 1.78. The normalized spacial score (nSPS) is 27.2. The molecule has 0 bridgehead atoms. The molecule has 0 aromatic rings. The van der Waals surface area contributed by atoms with Crippen LogP contribution in [0.3, 0.4) is 0 Å². The van der Waals surface area contributed by atoms with Gasteiger partial charge >= 0.3 is 5.97 Å². The number of nitrogens with one attached hydrogen (secondary N) is 1. The lowest BCUT2D eigenvalue weighted by molar-refractivity contribution is -0.162. The molecule has 0 saturated carbocycles. The molecule has 0 aliphatic carbocycles. The van der Waals surface area contributed by atoms with Crippen molar-refractivity contribution in [1.29, 1.82) is 5.26 Å². The highest BCUT2D eigenvalue weighted by molar-refractivity contribution is 5.78. The minimum atomic E-state index is -1.25. The maximum atomic E-state index is 11.6. The second kappa shape index (κ2) is 4.87. The third kappa shape index (κ3) is 2.75. The first-order chi connectivity index (χ1) is 7.92. The first-order valence-corrected chi connectivity index (χ1v) is 5.08. The number of carbonyl (C=O) groups excluding carboxylic acids is 2. The molecule has 1 aliphatic rings. The van der Waals surface area contributed by atoms with Gasteiger partial charge < -0.3 is 14.8 Å². The standard InChI is InChI=1S/C11H14N2O4/c1-7(14)13-11(2)9(10(15)16-3)5-4-8(6-12)17-11/h4,9H,5H2,1-3H3,(H,13,14)/t9-,11-/m1/s1. The van der Waals surface area contributed by atoms with Gasteiger partial charge in [0, 0.05) is 6.92 Å². The molecule has 17 heavy (non-hydrogen) atoms. The quantitative estimate of drug-likeness (QED) is 0.706. The van der Waals surface area contributed by atoms with Crippen LogP contribution in [-0.2, 0) is 19.1 Å². The van der Waals surface area contributed by atoms with Crippen molar-refractivity contribution < 1.29 is 19.1 Å². The van der Waals surface area contributed by atoms with Gasteiger partial charge in [0.2, 0.25) is 5.91 Å². The highest BCUT2D eigenvalue weighted by Gasteiger charge is 2.45. The Bertz CT molecular complexity index is 410. The van der Waals surface area contributed by atoms with Crippen LogP contribution in [0.5, 0.6) is 0 Å². The Labute approximate surface area is 99.2 Å². The van der Waals surface area contributed by atoms with Crippen molar-refractivity contribution in [2.75, 3.05) is 7.11 Å². The van der Waals surface area contributed by atoms with Gasteiger partial charge in [-0.05, 0) is 19.4 Å². The summed E-state index contributed by atoms with van der Waals surface area (Å²) in [7, 11) is 1.26. The molecule has 1 heterocycles. The molecular weight excluding hydrogens is 224 g/mol. The van der Waals surface area contributed by atoms with Gasteiger partial charge in [0.25, 0.3) is 0 Å². The van der Waals surface area contributed by atoms with E-state index in [0.717, 1.165) is 0 Å². The lowest BCUT2D eigenvalue weighted by Crippen LogP contribution is -2.56. The minimum Gasteiger partial charge on any atom is -0.469 e. The van der Waals surface area contributed by atoms with Crippen molar-refractivity contribution in [2.45, 2.75) is 26.0 Å². The summed E-state index contributed by atoms with van der Waals surface area (Å²) in [6.07, 6.45) is 1.79. The van der Waals surface area contributed by atoms with Crippen LogP contribution in [0.15, 0.2) is 11.8 Å². The van der Waals surface area contributed by atoms with E-state index in [0.29, 0.717) is 0 Å². The summed E-state index contributed by atoms with van der Waals surface area (Å²) in [5, 5.41) is 11.3. The number of esters is 1. The monoisotopic (exact) mass is 238 g/mol. The third-order valence-electron chi connectivity index (χ3n) is 2.55. The number of nitrogens with zero attached hydrogens (tertiary/aromatic N) is 1. The minimum absolute atomic E-state index is 0.0846. The molecule has 92 valence electrons. The molecule has 0 aromatic carbocycles. The zero-order valence-corrected chi connectivity index (χ0v) is 9.94. The van der Waals surface area contributed by atoms with Crippen LogP contribution in [0.2, 0.25) is 0 Å². The van der Waals surface area contributed by atoms with Gasteiger partial charge in [-0.2, -0.15) is 5.26 Å². The topological polar surface area (TPSA) is 88.4 Å². The van der Waals surface area contributed by atoms with Crippen LogP contribution in [0.25, 0.3) is 0 Å². The molecule has 6 nitrogen and oxygen atoms in total. The summed E-state index contributed by atoms with van der Waals surface area (Å²) in [5.41, 5.74) is -1.25. The van der Waals surface area contributed by atoms with Crippen LogP contribution in [-0.4, -0.2) is 24.7 Å². The van der Waals surface area contributed by atoms with Crippen LogP contribution >= 0.6 is 0 Å². The van der Waals surface area contributed by atoms with Crippen LogP contribution in [0.1, 0.15) is 20.3 Å². The van der Waals surface area contributed by atoms with Gasteiger partial charge in [-0.15, -0.1) is 0 Å². The summed E-state index contributed by atoms with van der Waals surface area (Å²) in [4.78, 5) is 22.7. The Morgan fingerprint density at radius 1 is 1.71 bits per heavy atom. The fraction of sp³-hybridized carbons (Fsp3) is 0.545. The summed E-state index contributed by atoms with van der Waals surface area (Å²) in [6, 6.07) is 1.85. The Kier molecular flexibility index (Phi) is 3.73. The molecule has 0 fully saturated rings. The van der Waals surface area contributed by atoms with E-state index >= 15 is 0 Å². The molecule has 0 saturated heterocycles. The number of ether oxygens (including phenoxy) is 2. The Morgan fingerprint density at radius 3 is 2.82 bits per heavy atom. The molecule has 2 atom stereocenters. The summed E-state index contributed by atoms with van der Waals surface area (Å²) in [5.74, 6) is -1.43. The predicted molar refractivity (Wildman–Crippen MR) is 57.1 cm³/mol. The number of hydrogen-bond donors (Lipinski definition) is 1. The summed E-state index contributed by atoms with van der Waals surface area (Å²) in [6.45, 7) is 2.85. The zero-order valence-electron chi connectivity index (χ0n) is 9.94. The van der Waals surface area contributed by atoms with Crippen molar-refractivity contribution in [3.05, 3.63) is 11.8 Å². The molecule has 1 rings (SSSR count). The van der Waals surface area contributed by atoms with E-state index in [1.807, 2.05) is 6.07 Å². The smallest absolute Gasteiger partial charge is 0.315 e. The third-order valence-corrected chi connectivity index (χ3v) is 2.55. The number of methoxy groups -OCH3 is 1. The number of amides is 1. The Balaban J connectivity index is 3.02. The van der Waals surface area contributed by atoms with E-state index in [1.54, 1.807) is 6.92 Å². The first-order valence-electron chi connectivity index (χ1n) is 5.08. The average molecular weight is 238 g/mol. The number of allylic oxidation sites excluding steroid dienone is 2. The lowest BCUT2D eigenvalue weighted by Gasteiger charge is -2.38. The first kappa shape index (κ1) is 13.0. The van der Waals surface area contributed by atoms with E-state index in [4.69, 9.17) is 10.00 Å². The Morgan fingerprint density at radius 2 is 2.35 bits per heavy atom. The molecule has 1 amide bonds. The van der Waals surface area contributed by atoms with E-state index in [2.05, 4.69) is 10.1 Å². The van der Waals surface area contributed by atoms with E-state index in [9.17, 15) is 9.59 Å².